The number of aryl methyl sites for hydroxylation is 1. The summed E-state index contributed by atoms with van der Waals surface area (Å²) in [4.78, 5) is 15.1. The van der Waals surface area contributed by atoms with E-state index in [1.165, 1.54) is 0 Å². The zero-order chi connectivity index (χ0) is 23.0. The molecule has 0 spiro atoms. The number of rotatable bonds is 5. The van der Waals surface area contributed by atoms with E-state index >= 15 is 0 Å². The van der Waals surface area contributed by atoms with Gasteiger partial charge in [-0.25, -0.2) is 17.2 Å². The fraction of sp³-hybridized carbons (Fsp3) is 0.440. The molecule has 33 heavy (non-hydrogen) atoms. The Labute approximate surface area is 195 Å². The molecule has 0 unspecified atom stereocenters. The number of fused-ring (bicyclic) bond motifs is 1. The Kier molecular flexibility index (Phi) is 5.97. The van der Waals surface area contributed by atoms with Crippen molar-refractivity contribution < 1.29 is 13.2 Å². The second-order valence-corrected chi connectivity index (χ2v) is 11.1. The number of likely N-dealkylation sites (tertiary alicyclic amines) is 1. The van der Waals surface area contributed by atoms with E-state index in [0.717, 1.165) is 61.1 Å². The van der Waals surface area contributed by atoms with E-state index in [1.807, 2.05) is 48.4 Å². The summed E-state index contributed by atoms with van der Waals surface area (Å²) in [6.07, 6.45) is 5.58. The molecule has 1 aromatic carbocycles. The Morgan fingerprint density at radius 3 is 2.42 bits per heavy atom. The van der Waals surface area contributed by atoms with Gasteiger partial charge in [0.2, 0.25) is 10.0 Å². The van der Waals surface area contributed by atoms with Crippen LogP contribution >= 0.6 is 0 Å². The van der Waals surface area contributed by atoms with Crippen LogP contribution in [0.5, 0.6) is 0 Å². The molecule has 4 heterocycles. The van der Waals surface area contributed by atoms with E-state index < -0.39 is 10.0 Å². The van der Waals surface area contributed by atoms with Crippen LogP contribution in [0.3, 0.4) is 0 Å². The first kappa shape index (κ1) is 22.1. The van der Waals surface area contributed by atoms with E-state index in [-0.39, 0.29) is 17.6 Å². The maximum Gasteiger partial charge on any atom is 0.257 e. The SMILES string of the molecule is Cc1nn2ccc(C3CCN(S(=O)(=O)Cc4ccccc4)CC3)cc2c1C(=O)N1CCCC1. The van der Waals surface area contributed by atoms with E-state index in [0.29, 0.717) is 18.7 Å². The van der Waals surface area contributed by atoms with Crippen LogP contribution in [0.15, 0.2) is 48.7 Å². The smallest absolute Gasteiger partial charge is 0.257 e. The predicted molar refractivity (Wildman–Crippen MR) is 128 cm³/mol. The Morgan fingerprint density at radius 1 is 1.03 bits per heavy atom. The number of hydrogen-bond donors (Lipinski definition) is 0. The van der Waals surface area contributed by atoms with Gasteiger partial charge in [0.1, 0.15) is 0 Å². The molecule has 3 aromatic rings. The molecule has 0 N–H and O–H groups in total. The number of carbonyl (C=O) groups excluding carboxylic acids is 1. The molecule has 1 amide bonds. The molecule has 2 aromatic heterocycles. The van der Waals surface area contributed by atoms with Crippen molar-refractivity contribution in [1.82, 2.24) is 18.8 Å². The molecule has 2 fully saturated rings. The summed E-state index contributed by atoms with van der Waals surface area (Å²) < 4.78 is 29.2. The third-order valence-corrected chi connectivity index (χ3v) is 8.80. The predicted octanol–water partition coefficient (Wildman–Crippen LogP) is 3.59. The van der Waals surface area contributed by atoms with Crippen LogP contribution in [0.1, 0.15) is 58.8 Å². The number of piperidine rings is 1. The second-order valence-electron chi connectivity index (χ2n) is 9.16. The lowest BCUT2D eigenvalue weighted by Gasteiger charge is -2.31. The van der Waals surface area contributed by atoms with Crippen LogP contribution in [-0.2, 0) is 15.8 Å². The molecule has 0 saturated carbocycles. The first-order valence-electron chi connectivity index (χ1n) is 11.7. The highest BCUT2D eigenvalue weighted by molar-refractivity contribution is 7.88. The van der Waals surface area contributed by atoms with Gasteiger partial charge in [-0.1, -0.05) is 30.3 Å². The fourth-order valence-electron chi connectivity index (χ4n) is 5.12. The first-order chi connectivity index (χ1) is 15.9. The number of nitrogens with zero attached hydrogens (tertiary/aromatic N) is 4. The fourth-order valence-corrected chi connectivity index (χ4v) is 6.68. The van der Waals surface area contributed by atoms with Gasteiger partial charge in [0, 0.05) is 32.4 Å². The number of aromatic nitrogens is 2. The van der Waals surface area contributed by atoms with Gasteiger partial charge in [-0.2, -0.15) is 5.10 Å². The standard InChI is InChI=1S/C25H30N4O3S/c1-19-24(25(30)27-12-5-6-13-27)23-17-22(11-16-29(23)26-19)21-9-14-28(15-10-21)33(31,32)18-20-7-3-2-4-8-20/h2-4,7-8,11,16-17,21H,5-6,9-10,12-15,18H2,1H3. The largest absolute Gasteiger partial charge is 0.339 e. The summed E-state index contributed by atoms with van der Waals surface area (Å²) in [5.41, 5.74) is 4.27. The monoisotopic (exact) mass is 466 g/mol. The highest BCUT2D eigenvalue weighted by Crippen LogP contribution is 2.32. The van der Waals surface area contributed by atoms with Crippen molar-refractivity contribution in [2.45, 2.75) is 44.3 Å². The molecule has 0 radical (unpaired) electrons. The normalized spacial score (nSPS) is 18.3. The minimum absolute atomic E-state index is 0.0432. The van der Waals surface area contributed by atoms with E-state index in [9.17, 15) is 13.2 Å². The van der Waals surface area contributed by atoms with E-state index in [4.69, 9.17) is 0 Å². The van der Waals surface area contributed by atoms with Gasteiger partial charge < -0.3 is 4.90 Å². The van der Waals surface area contributed by atoms with Gasteiger partial charge in [0.25, 0.3) is 5.91 Å². The highest BCUT2D eigenvalue weighted by Gasteiger charge is 2.30. The number of sulfonamides is 1. The van der Waals surface area contributed by atoms with Crippen molar-refractivity contribution in [2.75, 3.05) is 26.2 Å². The molecule has 174 valence electrons. The summed E-state index contributed by atoms with van der Waals surface area (Å²) in [5, 5.41) is 4.56. The average molecular weight is 467 g/mol. The summed E-state index contributed by atoms with van der Waals surface area (Å²) in [7, 11) is -3.33. The van der Waals surface area contributed by atoms with Crippen LogP contribution in [0.4, 0.5) is 0 Å². The van der Waals surface area contributed by atoms with Gasteiger partial charge in [0.05, 0.1) is 22.5 Å². The minimum atomic E-state index is -3.33. The second kappa shape index (κ2) is 8.91. The van der Waals surface area contributed by atoms with Crippen LogP contribution < -0.4 is 0 Å². The number of benzene rings is 1. The van der Waals surface area contributed by atoms with Crippen molar-refractivity contribution >= 4 is 21.4 Å². The molecular formula is C25H30N4O3S. The molecular weight excluding hydrogens is 436 g/mol. The first-order valence-corrected chi connectivity index (χ1v) is 13.3. The molecule has 2 aliphatic rings. The number of amides is 1. The topological polar surface area (TPSA) is 75.0 Å². The van der Waals surface area contributed by atoms with Gasteiger partial charge in [-0.05, 0) is 61.8 Å². The van der Waals surface area contributed by atoms with Gasteiger partial charge in [-0.15, -0.1) is 0 Å². The molecule has 0 atom stereocenters. The molecule has 0 bridgehead atoms. The summed E-state index contributed by atoms with van der Waals surface area (Å²) in [6, 6.07) is 13.5. The van der Waals surface area contributed by atoms with Crippen molar-refractivity contribution in [3.63, 3.8) is 0 Å². The maximum atomic E-state index is 13.1. The highest BCUT2D eigenvalue weighted by atomic mass is 32.2. The van der Waals surface area contributed by atoms with Gasteiger partial charge in [0.15, 0.2) is 0 Å². The lowest BCUT2D eigenvalue weighted by Crippen LogP contribution is -2.38. The van der Waals surface area contributed by atoms with Crippen LogP contribution in [0, 0.1) is 6.92 Å². The van der Waals surface area contributed by atoms with Crippen molar-refractivity contribution in [1.29, 1.82) is 0 Å². The Balaban J connectivity index is 1.32. The third kappa shape index (κ3) is 4.42. The zero-order valence-electron chi connectivity index (χ0n) is 19.0. The molecule has 7 nitrogen and oxygen atoms in total. The van der Waals surface area contributed by atoms with Crippen molar-refractivity contribution in [2.24, 2.45) is 0 Å². The summed E-state index contributed by atoms with van der Waals surface area (Å²) >= 11 is 0. The zero-order valence-corrected chi connectivity index (χ0v) is 19.8. The van der Waals surface area contributed by atoms with Crippen LogP contribution in [0.25, 0.3) is 5.52 Å². The summed E-state index contributed by atoms with van der Waals surface area (Å²) in [5.74, 6) is 0.378. The van der Waals surface area contributed by atoms with Crippen LogP contribution in [-0.4, -0.2) is 59.3 Å². The van der Waals surface area contributed by atoms with Gasteiger partial charge in [-0.3, -0.25) is 4.79 Å². The minimum Gasteiger partial charge on any atom is -0.339 e. The third-order valence-electron chi connectivity index (χ3n) is 6.95. The molecule has 8 heteroatoms. The Bertz CT molecular complexity index is 1260. The van der Waals surface area contributed by atoms with E-state index in [1.54, 1.807) is 8.82 Å². The molecule has 2 saturated heterocycles. The molecule has 0 aliphatic carbocycles. The van der Waals surface area contributed by atoms with Crippen LogP contribution in [0.2, 0.25) is 0 Å². The molecule has 5 rings (SSSR count). The summed E-state index contributed by atoms with van der Waals surface area (Å²) in [6.45, 7) is 4.55. The van der Waals surface area contributed by atoms with Gasteiger partial charge >= 0.3 is 0 Å². The lowest BCUT2D eigenvalue weighted by molar-refractivity contribution is 0.0794. The number of hydrogen-bond acceptors (Lipinski definition) is 4. The maximum absolute atomic E-state index is 13.1. The average Bonchev–Trinajstić information content (AvgIpc) is 3.46. The number of carbonyl (C=O) groups is 1. The van der Waals surface area contributed by atoms with E-state index in [2.05, 4.69) is 17.2 Å². The Hall–Kier alpha value is -2.71. The molecule has 2 aliphatic heterocycles. The lowest BCUT2D eigenvalue weighted by atomic mass is 9.90. The van der Waals surface area contributed by atoms with Crippen molar-refractivity contribution in [3.05, 3.63) is 71.0 Å². The Morgan fingerprint density at radius 2 is 1.73 bits per heavy atom. The quantitative estimate of drug-likeness (QED) is 0.576. The number of pyridine rings is 1. The van der Waals surface area contributed by atoms with Crippen molar-refractivity contribution in [3.8, 4) is 0 Å².